The number of anilines is 1. The molecule has 0 aliphatic carbocycles. The van der Waals surface area contributed by atoms with Gasteiger partial charge in [0.15, 0.2) is 14.8 Å². The molecule has 0 aliphatic rings. The highest BCUT2D eigenvalue weighted by Crippen LogP contribution is 2.19. The topological polar surface area (TPSA) is 95.2 Å². The molecule has 0 fully saturated rings. The molecule has 2 N–H and O–H groups in total. The van der Waals surface area contributed by atoms with Crippen LogP contribution in [0, 0.1) is 0 Å². The van der Waals surface area contributed by atoms with Crippen LogP contribution in [0.25, 0.3) is 0 Å². The fourth-order valence-corrected chi connectivity index (χ4v) is 2.44. The summed E-state index contributed by atoms with van der Waals surface area (Å²) >= 11 is 1.23. The van der Waals surface area contributed by atoms with Crippen LogP contribution in [0.15, 0.2) is 29.2 Å². The molecule has 0 spiro atoms. The maximum atomic E-state index is 11.4. The molecular weight excluding hydrogens is 274 g/mol. The summed E-state index contributed by atoms with van der Waals surface area (Å²) in [5.41, 5.74) is 5.44. The second kappa shape index (κ2) is 4.91. The fourth-order valence-electron chi connectivity index (χ4n) is 1.26. The number of nitrogens with zero attached hydrogens (tertiary/aromatic N) is 2. The number of rotatable bonds is 4. The van der Waals surface area contributed by atoms with Crippen molar-refractivity contribution in [3.63, 3.8) is 0 Å². The highest BCUT2D eigenvalue weighted by molar-refractivity contribution is 7.90. The van der Waals surface area contributed by atoms with Crippen molar-refractivity contribution in [2.75, 3.05) is 12.0 Å². The summed E-state index contributed by atoms with van der Waals surface area (Å²) in [5.74, 6) is 0.465. The van der Waals surface area contributed by atoms with Crippen molar-refractivity contribution in [2.24, 2.45) is 0 Å². The molecule has 6 nitrogen and oxygen atoms in total. The zero-order valence-corrected chi connectivity index (χ0v) is 11.2. The Kier molecular flexibility index (Phi) is 3.48. The molecule has 1 heterocycles. The molecule has 0 unspecified atom stereocenters. The van der Waals surface area contributed by atoms with Gasteiger partial charge in [-0.2, -0.15) is 0 Å². The van der Waals surface area contributed by atoms with E-state index in [2.05, 4.69) is 10.2 Å². The van der Waals surface area contributed by atoms with Crippen molar-refractivity contribution in [3.05, 3.63) is 29.3 Å². The molecule has 1 aromatic heterocycles. The van der Waals surface area contributed by atoms with Crippen LogP contribution in [0.5, 0.6) is 5.75 Å². The third kappa shape index (κ3) is 3.17. The first-order valence-electron chi connectivity index (χ1n) is 4.96. The summed E-state index contributed by atoms with van der Waals surface area (Å²) in [5, 5.41) is 8.47. The maximum Gasteiger partial charge on any atom is 0.203 e. The Morgan fingerprint density at radius 1 is 1.39 bits per heavy atom. The van der Waals surface area contributed by atoms with Gasteiger partial charge < -0.3 is 10.5 Å². The Labute approximate surface area is 108 Å². The lowest BCUT2D eigenvalue weighted by atomic mass is 10.3. The van der Waals surface area contributed by atoms with Gasteiger partial charge in [-0.15, -0.1) is 10.2 Å². The van der Waals surface area contributed by atoms with Gasteiger partial charge in [0, 0.05) is 6.26 Å². The fraction of sp³-hybridized carbons (Fsp3) is 0.200. The first kappa shape index (κ1) is 12.8. The van der Waals surface area contributed by atoms with Crippen LogP contribution in [0.4, 0.5) is 5.13 Å². The zero-order valence-electron chi connectivity index (χ0n) is 9.53. The van der Waals surface area contributed by atoms with E-state index in [0.29, 0.717) is 15.9 Å². The van der Waals surface area contributed by atoms with Crippen LogP contribution in [-0.4, -0.2) is 24.9 Å². The summed E-state index contributed by atoms with van der Waals surface area (Å²) in [6.07, 6.45) is 1.15. The molecule has 96 valence electrons. The van der Waals surface area contributed by atoms with E-state index in [4.69, 9.17) is 10.5 Å². The summed E-state index contributed by atoms with van der Waals surface area (Å²) in [4.78, 5) is 0.219. The van der Waals surface area contributed by atoms with Crippen molar-refractivity contribution >= 4 is 26.3 Å². The minimum atomic E-state index is -3.23. The largest absolute Gasteiger partial charge is 0.486 e. The van der Waals surface area contributed by atoms with Gasteiger partial charge in [0.25, 0.3) is 0 Å². The second-order valence-electron chi connectivity index (χ2n) is 3.57. The van der Waals surface area contributed by atoms with Gasteiger partial charge in [0.1, 0.15) is 12.4 Å². The minimum Gasteiger partial charge on any atom is -0.486 e. The van der Waals surface area contributed by atoms with E-state index in [1.165, 1.54) is 23.5 Å². The van der Waals surface area contributed by atoms with Crippen LogP contribution in [0.2, 0.25) is 0 Å². The number of benzene rings is 1. The molecule has 1 aromatic carbocycles. The minimum absolute atomic E-state index is 0.210. The molecule has 8 heteroatoms. The van der Waals surface area contributed by atoms with E-state index in [0.717, 1.165) is 6.26 Å². The Bertz CT molecular complexity index is 652. The summed E-state index contributed by atoms with van der Waals surface area (Å²) in [6, 6.07) is 6.30. The smallest absolute Gasteiger partial charge is 0.203 e. The zero-order chi connectivity index (χ0) is 13.2. The molecule has 0 aliphatic heterocycles. The van der Waals surface area contributed by atoms with Gasteiger partial charge >= 0.3 is 0 Å². The van der Waals surface area contributed by atoms with Crippen LogP contribution >= 0.6 is 11.3 Å². The van der Waals surface area contributed by atoms with Crippen molar-refractivity contribution in [1.29, 1.82) is 0 Å². The van der Waals surface area contributed by atoms with Crippen LogP contribution in [0.3, 0.4) is 0 Å². The van der Waals surface area contributed by atoms with Gasteiger partial charge in [-0.1, -0.05) is 17.4 Å². The van der Waals surface area contributed by atoms with Crippen LogP contribution < -0.4 is 10.5 Å². The summed E-state index contributed by atoms with van der Waals surface area (Å²) < 4.78 is 28.2. The van der Waals surface area contributed by atoms with E-state index in [1.54, 1.807) is 12.1 Å². The predicted octanol–water partition coefficient (Wildman–Crippen LogP) is 1.10. The lowest BCUT2D eigenvalue weighted by Crippen LogP contribution is -1.99. The van der Waals surface area contributed by atoms with Gasteiger partial charge in [-0.25, -0.2) is 8.42 Å². The molecule has 0 amide bonds. The summed E-state index contributed by atoms with van der Waals surface area (Å²) in [6.45, 7) is 0.210. The number of hydrogen-bond donors (Lipinski definition) is 1. The van der Waals surface area contributed by atoms with Crippen LogP contribution in [0.1, 0.15) is 5.01 Å². The Morgan fingerprint density at radius 3 is 2.78 bits per heavy atom. The van der Waals surface area contributed by atoms with Gasteiger partial charge in [-0.05, 0) is 18.2 Å². The van der Waals surface area contributed by atoms with E-state index in [9.17, 15) is 8.42 Å². The van der Waals surface area contributed by atoms with Gasteiger partial charge in [0.2, 0.25) is 5.13 Å². The molecule has 0 atom stereocenters. The molecule has 18 heavy (non-hydrogen) atoms. The normalized spacial score (nSPS) is 11.4. The van der Waals surface area contributed by atoms with Crippen molar-refractivity contribution in [3.8, 4) is 5.75 Å². The Balaban J connectivity index is 2.11. The molecular formula is C10H11N3O3S2. The number of aromatic nitrogens is 2. The number of sulfone groups is 1. The SMILES string of the molecule is CS(=O)(=O)c1cccc(OCc2nnc(N)s2)c1. The quantitative estimate of drug-likeness (QED) is 0.904. The molecule has 0 radical (unpaired) electrons. The number of nitrogens with two attached hydrogens (primary N) is 1. The first-order valence-corrected chi connectivity index (χ1v) is 7.67. The molecule has 0 bridgehead atoms. The number of nitrogen functional groups attached to an aromatic ring is 1. The average Bonchev–Trinajstić information content (AvgIpc) is 2.72. The first-order chi connectivity index (χ1) is 8.45. The average molecular weight is 285 g/mol. The lowest BCUT2D eigenvalue weighted by molar-refractivity contribution is 0.303. The third-order valence-corrected chi connectivity index (χ3v) is 3.91. The lowest BCUT2D eigenvalue weighted by Gasteiger charge is -2.05. The van der Waals surface area contributed by atoms with Gasteiger partial charge in [-0.3, -0.25) is 0 Å². The Morgan fingerprint density at radius 2 is 2.17 bits per heavy atom. The predicted molar refractivity (Wildman–Crippen MR) is 68.2 cm³/mol. The maximum absolute atomic E-state index is 11.4. The molecule has 2 rings (SSSR count). The van der Waals surface area contributed by atoms with E-state index >= 15 is 0 Å². The highest BCUT2D eigenvalue weighted by Gasteiger charge is 2.08. The standard InChI is InChI=1S/C10H11N3O3S2/c1-18(14,15)8-4-2-3-7(5-8)16-6-9-12-13-10(11)17-9/h2-5H,6H2,1H3,(H2,11,13). The van der Waals surface area contributed by atoms with E-state index < -0.39 is 9.84 Å². The van der Waals surface area contributed by atoms with Crippen LogP contribution in [-0.2, 0) is 16.4 Å². The van der Waals surface area contributed by atoms with Crippen molar-refractivity contribution in [1.82, 2.24) is 10.2 Å². The van der Waals surface area contributed by atoms with Crippen molar-refractivity contribution < 1.29 is 13.2 Å². The summed E-state index contributed by atoms with van der Waals surface area (Å²) in [7, 11) is -3.23. The highest BCUT2D eigenvalue weighted by atomic mass is 32.2. The second-order valence-corrected chi connectivity index (χ2v) is 6.68. The van der Waals surface area contributed by atoms with Gasteiger partial charge in [0.05, 0.1) is 4.90 Å². The number of hydrogen-bond acceptors (Lipinski definition) is 7. The van der Waals surface area contributed by atoms with E-state index in [1.807, 2.05) is 0 Å². The Hall–Kier alpha value is -1.67. The third-order valence-electron chi connectivity index (χ3n) is 2.08. The molecule has 2 aromatic rings. The molecule has 0 saturated carbocycles. The van der Waals surface area contributed by atoms with E-state index in [-0.39, 0.29) is 11.5 Å². The monoisotopic (exact) mass is 285 g/mol. The van der Waals surface area contributed by atoms with Crippen molar-refractivity contribution in [2.45, 2.75) is 11.5 Å². The number of ether oxygens (including phenoxy) is 1. The molecule has 0 saturated heterocycles.